The van der Waals surface area contributed by atoms with E-state index < -0.39 is 11.7 Å². The Morgan fingerprint density at radius 1 is 1.03 bits per heavy atom. The van der Waals surface area contributed by atoms with Gasteiger partial charge in [0, 0.05) is 35.6 Å². The highest BCUT2D eigenvalue weighted by Crippen LogP contribution is 2.18. The number of aromatic nitrogens is 2. The van der Waals surface area contributed by atoms with E-state index in [1.807, 2.05) is 6.92 Å². The predicted octanol–water partition coefficient (Wildman–Crippen LogP) is 3.21. The van der Waals surface area contributed by atoms with Gasteiger partial charge in [0.15, 0.2) is 0 Å². The number of hydrogen-bond acceptors (Lipinski definition) is 4. The molecule has 154 valence electrons. The number of nitrogens with one attached hydrogen (secondary N) is 2. The molecule has 1 heterocycles. The maximum Gasteiger partial charge on any atom is 0.254 e. The second-order valence-electron chi connectivity index (χ2n) is 6.67. The fraction of sp³-hybridized carbons (Fsp3) is 0.182. The van der Waals surface area contributed by atoms with Crippen molar-refractivity contribution in [1.82, 2.24) is 9.55 Å². The summed E-state index contributed by atoms with van der Waals surface area (Å²) in [6, 6.07) is 13.6. The lowest BCUT2D eigenvalue weighted by atomic mass is 10.2. The first-order chi connectivity index (χ1) is 14.4. The van der Waals surface area contributed by atoms with Gasteiger partial charge in [-0.3, -0.25) is 19.0 Å². The highest BCUT2D eigenvalue weighted by atomic mass is 19.1. The van der Waals surface area contributed by atoms with E-state index in [0.717, 1.165) is 0 Å². The van der Waals surface area contributed by atoms with E-state index in [-0.39, 0.29) is 18.0 Å². The number of aryl methyl sites for hydroxylation is 1. The molecule has 0 saturated heterocycles. The van der Waals surface area contributed by atoms with Crippen LogP contribution in [0.5, 0.6) is 0 Å². The zero-order chi connectivity index (χ0) is 21.7. The smallest absolute Gasteiger partial charge is 0.254 e. The Balaban J connectivity index is 1.89. The summed E-state index contributed by atoms with van der Waals surface area (Å²) in [7, 11) is 0. The van der Waals surface area contributed by atoms with Crippen LogP contribution in [-0.2, 0) is 22.6 Å². The molecule has 0 radical (unpaired) electrons. The third-order valence-corrected chi connectivity index (χ3v) is 4.29. The molecule has 0 aliphatic heterocycles. The van der Waals surface area contributed by atoms with Crippen LogP contribution in [-0.4, -0.2) is 21.4 Å². The zero-order valence-corrected chi connectivity index (χ0v) is 16.6. The Bertz CT molecular complexity index is 1140. The molecule has 8 heteroatoms. The van der Waals surface area contributed by atoms with E-state index >= 15 is 0 Å². The third-order valence-electron chi connectivity index (χ3n) is 4.29. The Labute approximate surface area is 172 Å². The maximum atomic E-state index is 13.3. The summed E-state index contributed by atoms with van der Waals surface area (Å²) in [6.07, 6.45) is 0.548. The van der Waals surface area contributed by atoms with Gasteiger partial charge in [-0.2, -0.15) is 0 Å². The first-order valence-electron chi connectivity index (χ1n) is 9.40. The Hall–Kier alpha value is -3.81. The van der Waals surface area contributed by atoms with Gasteiger partial charge in [0.1, 0.15) is 18.2 Å². The fourth-order valence-corrected chi connectivity index (χ4v) is 2.93. The summed E-state index contributed by atoms with van der Waals surface area (Å²) in [5.74, 6) is -0.778. The number of amides is 2. The van der Waals surface area contributed by atoms with E-state index in [4.69, 9.17) is 0 Å². The molecular formula is C22H21FN4O3. The third kappa shape index (κ3) is 5.16. The van der Waals surface area contributed by atoms with Crippen LogP contribution in [0, 0.1) is 5.82 Å². The summed E-state index contributed by atoms with van der Waals surface area (Å²) in [5.41, 5.74) is 1.76. The molecule has 30 heavy (non-hydrogen) atoms. The minimum Gasteiger partial charge on any atom is -0.326 e. The molecule has 0 atom stereocenters. The lowest BCUT2D eigenvalue weighted by molar-refractivity contribution is -0.117. The topological polar surface area (TPSA) is 93.1 Å². The van der Waals surface area contributed by atoms with Gasteiger partial charge in [-0.1, -0.05) is 13.0 Å². The number of benzene rings is 2. The number of nitrogens with zero attached hydrogens (tertiary/aromatic N) is 2. The van der Waals surface area contributed by atoms with Crippen LogP contribution in [0.4, 0.5) is 15.8 Å². The van der Waals surface area contributed by atoms with Crippen LogP contribution < -0.4 is 16.2 Å². The van der Waals surface area contributed by atoms with Gasteiger partial charge in [0.05, 0.1) is 0 Å². The molecule has 2 aromatic carbocycles. The molecule has 1 aromatic heterocycles. The molecule has 0 saturated carbocycles. The molecule has 3 rings (SSSR count). The number of hydrogen-bond donors (Lipinski definition) is 2. The van der Waals surface area contributed by atoms with Crippen molar-refractivity contribution in [3.8, 4) is 11.4 Å². The molecule has 7 nitrogen and oxygen atoms in total. The number of rotatable bonds is 6. The molecular weight excluding hydrogens is 387 g/mol. The van der Waals surface area contributed by atoms with Gasteiger partial charge in [-0.05, 0) is 48.9 Å². The molecule has 0 aliphatic carbocycles. The van der Waals surface area contributed by atoms with Crippen LogP contribution in [0.1, 0.15) is 19.5 Å². The normalized spacial score (nSPS) is 10.5. The van der Waals surface area contributed by atoms with E-state index in [1.165, 1.54) is 41.8 Å². The number of halogens is 1. The number of carbonyl (C=O) groups is 2. The highest BCUT2D eigenvalue weighted by molar-refractivity contribution is 5.93. The summed E-state index contributed by atoms with van der Waals surface area (Å²) >= 11 is 0. The molecule has 0 aliphatic rings. The summed E-state index contributed by atoms with van der Waals surface area (Å²) in [6.45, 7) is 2.99. The van der Waals surface area contributed by atoms with Crippen LogP contribution in [0.25, 0.3) is 11.4 Å². The lowest BCUT2D eigenvalue weighted by Crippen LogP contribution is -2.30. The monoisotopic (exact) mass is 408 g/mol. The molecule has 3 aromatic rings. The van der Waals surface area contributed by atoms with Gasteiger partial charge in [-0.15, -0.1) is 0 Å². The zero-order valence-electron chi connectivity index (χ0n) is 16.6. The molecule has 0 spiro atoms. The van der Waals surface area contributed by atoms with Crippen molar-refractivity contribution in [3.05, 3.63) is 76.5 Å². The van der Waals surface area contributed by atoms with E-state index in [0.29, 0.717) is 34.9 Å². The van der Waals surface area contributed by atoms with Crippen molar-refractivity contribution in [2.75, 3.05) is 10.6 Å². The van der Waals surface area contributed by atoms with Crippen LogP contribution in [0.15, 0.2) is 59.4 Å². The van der Waals surface area contributed by atoms with Crippen molar-refractivity contribution in [2.45, 2.75) is 26.8 Å². The van der Waals surface area contributed by atoms with E-state index in [2.05, 4.69) is 15.6 Å². The Morgan fingerprint density at radius 3 is 2.33 bits per heavy atom. The van der Waals surface area contributed by atoms with Crippen molar-refractivity contribution < 1.29 is 14.0 Å². The predicted molar refractivity (Wildman–Crippen MR) is 113 cm³/mol. The summed E-state index contributed by atoms with van der Waals surface area (Å²) < 4.78 is 14.6. The van der Waals surface area contributed by atoms with Gasteiger partial charge in [0.25, 0.3) is 5.56 Å². The number of carbonyl (C=O) groups excluding carboxylic acids is 2. The highest BCUT2D eigenvalue weighted by Gasteiger charge is 2.14. The Kier molecular flexibility index (Phi) is 6.36. The lowest BCUT2D eigenvalue weighted by Gasteiger charge is -2.14. The minimum atomic E-state index is -0.438. The standard InChI is InChI=1S/C22H21FN4O3/c1-3-17-12-21(30)27(22(26-17)15-7-9-16(23)10-8-15)13-20(29)25-19-6-4-5-18(11-19)24-14(2)28/h4-12H,3,13H2,1-2H3,(H,24,28)(H,25,29). The second kappa shape index (κ2) is 9.13. The van der Waals surface area contributed by atoms with Crippen molar-refractivity contribution in [2.24, 2.45) is 0 Å². The minimum absolute atomic E-state index is 0.226. The summed E-state index contributed by atoms with van der Waals surface area (Å²) in [4.78, 5) is 40.9. The van der Waals surface area contributed by atoms with Crippen molar-refractivity contribution in [1.29, 1.82) is 0 Å². The second-order valence-corrected chi connectivity index (χ2v) is 6.67. The van der Waals surface area contributed by atoms with Gasteiger partial charge in [-0.25, -0.2) is 9.37 Å². The van der Waals surface area contributed by atoms with E-state index in [9.17, 15) is 18.8 Å². The molecule has 0 bridgehead atoms. The maximum absolute atomic E-state index is 13.3. The Morgan fingerprint density at radius 2 is 1.70 bits per heavy atom. The van der Waals surface area contributed by atoms with Crippen LogP contribution in [0.2, 0.25) is 0 Å². The largest absolute Gasteiger partial charge is 0.326 e. The molecule has 0 unspecified atom stereocenters. The van der Waals surface area contributed by atoms with Crippen molar-refractivity contribution in [3.63, 3.8) is 0 Å². The van der Waals surface area contributed by atoms with Gasteiger partial charge >= 0.3 is 0 Å². The average Bonchev–Trinajstić information content (AvgIpc) is 2.69. The van der Waals surface area contributed by atoms with Crippen LogP contribution >= 0.6 is 0 Å². The van der Waals surface area contributed by atoms with Crippen molar-refractivity contribution >= 4 is 23.2 Å². The number of anilines is 2. The quantitative estimate of drug-likeness (QED) is 0.655. The van der Waals surface area contributed by atoms with Gasteiger partial charge < -0.3 is 10.6 Å². The van der Waals surface area contributed by atoms with Gasteiger partial charge in [0.2, 0.25) is 11.8 Å². The summed E-state index contributed by atoms with van der Waals surface area (Å²) in [5, 5.41) is 5.35. The average molecular weight is 408 g/mol. The molecule has 0 fully saturated rings. The fourth-order valence-electron chi connectivity index (χ4n) is 2.93. The molecule has 2 N–H and O–H groups in total. The SMILES string of the molecule is CCc1cc(=O)n(CC(=O)Nc2cccc(NC(C)=O)c2)c(-c2ccc(F)cc2)n1. The molecule has 2 amide bonds. The first-order valence-corrected chi connectivity index (χ1v) is 9.40. The van der Waals surface area contributed by atoms with E-state index in [1.54, 1.807) is 24.3 Å². The van der Waals surface area contributed by atoms with Crippen LogP contribution in [0.3, 0.4) is 0 Å². The first kappa shape index (κ1) is 20.9.